The van der Waals surface area contributed by atoms with Crippen molar-refractivity contribution in [3.63, 3.8) is 0 Å². The fourth-order valence-electron chi connectivity index (χ4n) is 3.45. The number of carbonyl (C=O) groups excluding carboxylic acids is 2. The molecule has 0 saturated heterocycles. The highest BCUT2D eigenvalue weighted by Crippen LogP contribution is 2.27. The number of para-hydroxylation sites is 3. The number of rotatable bonds is 9. The zero-order valence-electron chi connectivity index (χ0n) is 19.9. The van der Waals surface area contributed by atoms with Gasteiger partial charge in [-0.3, -0.25) is 20.4 Å². The Labute approximate surface area is 208 Å². The Kier molecular flexibility index (Phi) is 7.82. The molecule has 0 spiro atoms. The lowest BCUT2D eigenvalue weighted by Crippen LogP contribution is -2.43. The second-order valence-corrected chi connectivity index (χ2v) is 7.57. The number of hydrogen-bond acceptors (Lipinski definition) is 6. The standard InChI is InChI=1S/C27H26N4O5/c1-3-35-23-14-7-8-15-24(23)36-18-25(32)28-29-27(33)22-17-31(20-11-5-4-6-12-20)30-26(22)19-10-9-13-21(16-19)34-2/h4-17H,3,18H2,1-2H3,(H,28,32)(H,29,33). The van der Waals surface area contributed by atoms with Crippen molar-refractivity contribution in [2.75, 3.05) is 20.3 Å². The average molecular weight is 487 g/mol. The largest absolute Gasteiger partial charge is 0.497 e. The summed E-state index contributed by atoms with van der Waals surface area (Å²) in [6.45, 7) is 2.02. The molecule has 3 aromatic carbocycles. The summed E-state index contributed by atoms with van der Waals surface area (Å²) < 4.78 is 18.0. The Morgan fingerprint density at radius 2 is 1.61 bits per heavy atom. The van der Waals surface area contributed by atoms with Crippen molar-refractivity contribution in [1.82, 2.24) is 20.6 Å². The molecule has 0 saturated carbocycles. The molecule has 9 heteroatoms. The molecule has 0 bridgehead atoms. The third-order valence-corrected chi connectivity index (χ3v) is 5.15. The van der Waals surface area contributed by atoms with Crippen LogP contribution in [0.3, 0.4) is 0 Å². The van der Waals surface area contributed by atoms with E-state index >= 15 is 0 Å². The van der Waals surface area contributed by atoms with Crippen LogP contribution >= 0.6 is 0 Å². The molecule has 36 heavy (non-hydrogen) atoms. The van der Waals surface area contributed by atoms with Gasteiger partial charge in [-0.15, -0.1) is 0 Å². The van der Waals surface area contributed by atoms with Gasteiger partial charge in [0.1, 0.15) is 11.4 Å². The van der Waals surface area contributed by atoms with Gasteiger partial charge in [-0.05, 0) is 43.3 Å². The molecule has 0 aliphatic heterocycles. The number of aromatic nitrogens is 2. The van der Waals surface area contributed by atoms with Gasteiger partial charge in [0.2, 0.25) is 0 Å². The highest BCUT2D eigenvalue weighted by Gasteiger charge is 2.20. The maximum Gasteiger partial charge on any atom is 0.276 e. The minimum atomic E-state index is -0.534. The predicted octanol–water partition coefficient (Wildman–Crippen LogP) is 3.79. The van der Waals surface area contributed by atoms with Crippen LogP contribution in [0.4, 0.5) is 0 Å². The van der Waals surface area contributed by atoms with Gasteiger partial charge >= 0.3 is 0 Å². The molecule has 2 N–H and O–H groups in total. The van der Waals surface area contributed by atoms with Crippen LogP contribution in [0.2, 0.25) is 0 Å². The Bertz CT molecular complexity index is 1340. The van der Waals surface area contributed by atoms with Gasteiger partial charge in [-0.2, -0.15) is 5.10 Å². The van der Waals surface area contributed by atoms with Crippen molar-refractivity contribution >= 4 is 11.8 Å². The summed E-state index contributed by atoms with van der Waals surface area (Å²) in [6.07, 6.45) is 1.61. The summed E-state index contributed by atoms with van der Waals surface area (Å²) in [4.78, 5) is 25.4. The van der Waals surface area contributed by atoms with Gasteiger partial charge in [0.15, 0.2) is 18.1 Å². The Hall–Kier alpha value is -4.79. The molecule has 0 atom stereocenters. The molecule has 1 aromatic heterocycles. The minimum Gasteiger partial charge on any atom is -0.497 e. The van der Waals surface area contributed by atoms with Crippen LogP contribution in [-0.4, -0.2) is 41.9 Å². The highest BCUT2D eigenvalue weighted by atomic mass is 16.5. The number of carbonyl (C=O) groups is 2. The summed E-state index contributed by atoms with van der Waals surface area (Å²) in [5.74, 6) is 0.537. The Morgan fingerprint density at radius 3 is 2.33 bits per heavy atom. The van der Waals surface area contributed by atoms with E-state index in [-0.39, 0.29) is 12.2 Å². The van der Waals surface area contributed by atoms with E-state index in [1.165, 1.54) is 0 Å². The van der Waals surface area contributed by atoms with Crippen LogP contribution in [0.25, 0.3) is 16.9 Å². The molecule has 0 aliphatic carbocycles. The van der Waals surface area contributed by atoms with Gasteiger partial charge in [-0.25, -0.2) is 4.68 Å². The molecule has 184 valence electrons. The monoisotopic (exact) mass is 486 g/mol. The Balaban J connectivity index is 1.49. The van der Waals surface area contributed by atoms with E-state index in [2.05, 4.69) is 16.0 Å². The van der Waals surface area contributed by atoms with Crippen LogP contribution < -0.4 is 25.1 Å². The first kappa shape index (κ1) is 24.3. The molecule has 0 unspecified atom stereocenters. The molecule has 0 fully saturated rings. The molecular formula is C27H26N4O5. The van der Waals surface area contributed by atoms with Crippen molar-refractivity contribution in [3.05, 3.63) is 90.6 Å². The third-order valence-electron chi connectivity index (χ3n) is 5.15. The van der Waals surface area contributed by atoms with E-state index in [1.807, 2.05) is 55.5 Å². The lowest BCUT2D eigenvalue weighted by atomic mass is 10.1. The first-order valence-corrected chi connectivity index (χ1v) is 11.3. The lowest BCUT2D eigenvalue weighted by molar-refractivity contribution is -0.123. The number of benzene rings is 3. The minimum absolute atomic E-state index is 0.273. The van der Waals surface area contributed by atoms with Crippen molar-refractivity contribution in [2.24, 2.45) is 0 Å². The van der Waals surface area contributed by atoms with Gasteiger partial charge in [0.25, 0.3) is 11.8 Å². The molecule has 1 heterocycles. The van der Waals surface area contributed by atoms with E-state index in [1.54, 1.807) is 48.3 Å². The molecule has 0 aliphatic rings. The number of nitrogens with one attached hydrogen (secondary N) is 2. The number of ether oxygens (including phenoxy) is 3. The summed E-state index contributed by atoms with van der Waals surface area (Å²) in [5, 5.41) is 4.63. The number of hydrogen-bond donors (Lipinski definition) is 2. The summed E-state index contributed by atoms with van der Waals surface area (Å²) in [7, 11) is 1.57. The fourth-order valence-corrected chi connectivity index (χ4v) is 3.45. The van der Waals surface area contributed by atoms with Crippen LogP contribution in [-0.2, 0) is 4.79 Å². The number of amides is 2. The zero-order chi connectivity index (χ0) is 25.3. The van der Waals surface area contributed by atoms with Crippen LogP contribution in [0.5, 0.6) is 17.2 Å². The first-order chi connectivity index (χ1) is 17.6. The summed E-state index contributed by atoms with van der Waals surface area (Å²) in [6, 6.07) is 23.7. The van der Waals surface area contributed by atoms with Crippen molar-refractivity contribution < 1.29 is 23.8 Å². The second kappa shape index (κ2) is 11.6. The van der Waals surface area contributed by atoms with E-state index < -0.39 is 11.8 Å². The van der Waals surface area contributed by atoms with E-state index in [4.69, 9.17) is 14.2 Å². The topological polar surface area (TPSA) is 104 Å². The zero-order valence-corrected chi connectivity index (χ0v) is 19.9. The molecule has 4 rings (SSSR count). The van der Waals surface area contributed by atoms with Gasteiger partial charge in [0.05, 0.1) is 25.0 Å². The number of methoxy groups -OCH3 is 1. The third kappa shape index (κ3) is 5.82. The van der Waals surface area contributed by atoms with Gasteiger partial charge in [-0.1, -0.05) is 42.5 Å². The normalized spacial score (nSPS) is 10.4. The quantitative estimate of drug-likeness (QED) is 0.349. The van der Waals surface area contributed by atoms with Crippen LogP contribution in [0.15, 0.2) is 85.1 Å². The highest BCUT2D eigenvalue weighted by molar-refractivity contribution is 6.00. The van der Waals surface area contributed by atoms with Gasteiger partial charge in [0, 0.05) is 11.8 Å². The molecule has 4 aromatic rings. The first-order valence-electron chi connectivity index (χ1n) is 11.3. The second-order valence-electron chi connectivity index (χ2n) is 7.57. The average Bonchev–Trinajstić information content (AvgIpc) is 3.38. The lowest BCUT2D eigenvalue weighted by Gasteiger charge is -2.12. The Morgan fingerprint density at radius 1 is 0.889 bits per heavy atom. The van der Waals surface area contributed by atoms with E-state index in [0.29, 0.717) is 35.1 Å². The maximum absolute atomic E-state index is 13.1. The predicted molar refractivity (Wildman–Crippen MR) is 134 cm³/mol. The molecular weight excluding hydrogens is 460 g/mol. The van der Waals surface area contributed by atoms with E-state index in [9.17, 15) is 9.59 Å². The van der Waals surface area contributed by atoms with Crippen molar-refractivity contribution in [1.29, 1.82) is 0 Å². The molecule has 0 radical (unpaired) electrons. The van der Waals surface area contributed by atoms with Gasteiger partial charge < -0.3 is 14.2 Å². The fraction of sp³-hybridized carbons (Fsp3) is 0.148. The van der Waals surface area contributed by atoms with Crippen LogP contribution in [0, 0.1) is 0 Å². The summed E-state index contributed by atoms with van der Waals surface area (Å²) in [5.41, 5.74) is 7.02. The molecule has 9 nitrogen and oxygen atoms in total. The maximum atomic E-state index is 13.1. The SMILES string of the molecule is CCOc1ccccc1OCC(=O)NNC(=O)c1cn(-c2ccccc2)nc1-c1cccc(OC)c1. The van der Waals surface area contributed by atoms with Crippen LogP contribution in [0.1, 0.15) is 17.3 Å². The van der Waals surface area contributed by atoms with E-state index in [0.717, 1.165) is 5.69 Å². The smallest absolute Gasteiger partial charge is 0.276 e. The molecule has 2 amide bonds. The summed E-state index contributed by atoms with van der Waals surface area (Å²) >= 11 is 0. The number of hydrazine groups is 1. The number of nitrogens with zero attached hydrogens (tertiary/aromatic N) is 2. The van der Waals surface area contributed by atoms with Crippen molar-refractivity contribution in [2.45, 2.75) is 6.92 Å². The van der Waals surface area contributed by atoms with Crippen molar-refractivity contribution in [3.8, 4) is 34.2 Å².